The zero-order valence-electron chi connectivity index (χ0n) is 28.0. The van der Waals surface area contributed by atoms with Gasteiger partial charge in [-0.05, 0) is 82.6 Å². The Morgan fingerprint density at radius 1 is 0.260 bits per heavy atom. The van der Waals surface area contributed by atoms with Crippen molar-refractivity contribution in [3.63, 3.8) is 0 Å². The van der Waals surface area contributed by atoms with E-state index in [1.54, 1.807) is 0 Å². The van der Waals surface area contributed by atoms with Crippen molar-refractivity contribution in [1.29, 1.82) is 0 Å². The molecule has 8 rings (SSSR count). The molecule has 0 radical (unpaired) electrons. The van der Waals surface area contributed by atoms with E-state index in [1.807, 2.05) is 50.2 Å². The Kier molecular flexibility index (Phi) is 8.34. The Morgan fingerprint density at radius 2 is 0.580 bits per heavy atom. The summed E-state index contributed by atoms with van der Waals surface area (Å²) < 4.78 is 0. The van der Waals surface area contributed by atoms with E-state index in [2.05, 4.69) is 138 Å². The van der Waals surface area contributed by atoms with Gasteiger partial charge in [-0.1, -0.05) is 146 Å². The van der Waals surface area contributed by atoms with Crippen LogP contribution in [0.4, 0.5) is 0 Å². The number of aryl methyl sites for hydroxylation is 2. The zero-order valence-corrected chi connectivity index (χ0v) is 28.0. The largest absolute Gasteiger partial charge is 0.258 e. The Balaban J connectivity index is 1.34. The lowest BCUT2D eigenvalue weighted by Gasteiger charge is -2.15. The minimum absolute atomic E-state index is 0.611. The van der Waals surface area contributed by atoms with Gasteiger partial charge >= 0.3 is 0 Å². The molecular formula is C46H34N4. The molecule has 238 valence electrons. The molecule has 4 heteroatoms. The summed E-state index contributed by atoms with van der Waals surface area (Å²) in [5, 5.41) is 0. The van der Waals surface area contributed by atoms with Crippen LogP contribution in [0.15, 0.2) is 170 Å². The molecule has 6 aromatic carbocycles. The van der Waals surface area contributed by atoms with Crippen molar-refractivity contribution in [1.82, 2.24) is 19.9 Å². The van der Waals surface area contributed by atoms with Crippen molar-refractivity contribution >= 4 is 0 Å². The van der Waals surface area contributed by atoms with E-state index in [9.17, 15) is 0 Å². The van der Waals surface area contributed by atoms with Crippen LogP contribution in [-0.4, -0.2) is 19.9 Å². The van der Waals surface area contributed by atoms with Crippen LogP contribution in [0, 0.1) is 13.8 Å². The lowest BCUT2D eigenvalue weighted by atomic mass is 9.92. The van der Waals surface area contributed by atoms with Gasteiger partial charge < -0.3 is 0 Å². The van der Waals surface area contributed by atoms with E-state index in [-0.39, 0.29) is 0 Å². The highest BCUT2D eigenvalue weighted by atomic mass is 15.0. The molecule has 0 spiro atoms. The Morgan fingerprint density at radius 3 is 0.940 bits per heavy atom. The van der Waals surface area contributed by atoms with Crippen molar-refractivity contribution in [2.45, 2.75) is 13.8 Å². The lowest BCUT2D eigenvalue weighted by Crippen LogP contribution is -2.02. The summed E-state index contributed by atoms with van der Waals surface area (Å²) in [4.78, 5) is 20.0. The molecule has 2 aromatic heterocycles. The molecule has 50 heavy (non-hydrogen) atoms. The molecule has 0 unspecified atom stereocenters. The molecule has 0 aliphatic heterocycles. The third-order valence-electron chi connectivity index (χ3n) is 8.87. The number of aromatic nitrogens is 4. The van der Waals surface area contributed by atoms with Gasteiger partial charge in [0.25, 0.3) is 0 Å². The van der Waals surface area contributed by atoms with Crippen molar-refractivity contribution in [3.8, 4) is 78.7 Å². The molecule has 0 N–H and O–H groups in total. The monoisotopic (exact) mass is 642 g/mol. The standard InChI is InChI=1S/C46H34N4/c1-31-27-39(28-32(2)47-31)46-49-44(37-23-25-40(33-15-7-3-8-16-33)42(29-37)35-19-11-5-12-20-35)48-45(50-46)38-24-26-41(34-17-9-4-10-18-34)43(30-38)36-21-13-6-14-22-36/h3-30H,1-2H3. The van der Waals surface area contributed by atoms with E-state index in [0.717, 1.165) is 72.6 Å². The van der Waals surface area contributed by atoms with Crippen LogP contribution in [-0.2, 0) is 0 Å². The van der Waals surface area contributed by atoms with Crippen LogP contribution in [0.1, 0.15) is 11.4 Å². The summed E-state index contributed by atoms with van der Waals surface area (Å²) in [6.45, 7) is 4.00. The van der Waals surface area contributed by atoms with Crippen molar-refractivity contribution in [2.24, 2.45) is 0 Å². The minimum Gasteiger partial charge on any atom is -0.258 e. The molecule has 0 saturated heterocycles. The van der Waals surface area contributed by atoms with E-state index in [4.69, 9.17) is 15.0 Å². The topological polar surface area (TPSA) is 51.6 Å². The van der Waals surface area contributed by atoms with Crippen LogP contribution in [0.2, 0.25) is 0 Å². The fourth-order valence-corrected chi connectivity index (χ4v) is 6.55. The van der Waals surface area contributed by atoms with Crippen LogP contribution < -0.4 is 0 Å². The molecule has 0 fully saturated rings. The van der Waals surface area contributed by atoms with Gasteiger partial charge in [-0.3, -0.25) is 4.98 Å². The van der Waals surface area contributed by atoms with Gasteiger partial charge in [0, 0.05) is 28.1 Å². The van der Waals surface area contributed by atoms with Crippen molar-refractivity contribution in [2.75, 3.05) is 0 Å². The second kappa shape index (κ2) is 13.5. The van der Waals surface area contributed by atoms with E-state index in [0.29, 0.717) is 17.5 Å². The summed E-state index contributed by atoms with van der Waals surface area (Å²) >= 11 is 0. The highest BCUT2D eigenvalue weighted by Gasteiger charge is 2.17. The normalized spacial score (nSPS) is 11.0. The molecule has 0 atom stereocenters. The first kappa shape index (κ1) is 30.8. The second-order valence-electron chi connectivity index (χ2n) is 12.4. The molecule has 4 nitrogen and oxygen atoms in total. The number of nitrogens with zero attached hydrogens (tertiary/aromatic N) is 4. The summed E-state index contributed by atoms with van der Waals surface area (Å²) in [5.41, 5.74) is 13.7. The number of hydrogen-bond donors (Lipinski definition) is 0. The third-order valence-corrected chi connectivity index (χ3v) is 8.87. The summed E-state index contributed by atoms with van der Waals surface area (Å²) in [6, 6.07) is 59.1. The first-order chi connectivity index (χ1) is 24.6. The number of hydrogen-bond acceptors (Lipinski definition) is 4. The molecule has 0 saturated carbocycles. The summed E-state index contributed by atoms with van der Waals surface area (Å²) in [5.74, 6) is 1.84. The first-order valence-corrected chi connectivity index (χ1v) is 16.8. The quantitative estimate of drug-likeness (QED) is 0.174. The highest BCUT2D eigenvalue weighted by molar-refractivity contribution is 5.88. The zero-order chi connectivity index (χ0) is 33.9. The van der Waals surface area contributed by atoms with Gasteiger partial charge in [-0.2, -0.15) is 0 Å². The predicted molar refractivity (Wildman–Crippen MR) is 205 cm³/mol. The van der Waals surface area contributed by atoms with Crippen LogP contribution in [0.3, 0.4) is 0 Å². The molecule has 0 amide bonds. The van der Waals surface area contributed by atoms with E-state index < -0.39 is 0 Å². The molecule has 0 aliphatic rings. The molecular weight excluding hydrogens is 609 g/mol. The van der Waals surface area contributed by atoms with Crippen molar-refractivity contribution in [3.05, 3.63) is 181 Å². The number of benzene rings is 6. The lowest BCUT2D eigenvalue weighted by molar-refractivity contribution is 1.06. The van der Waals surface area contributed by atoms with E-state index >= 15 is 0 Å². The van der Waals surface area contributed by atoms with Crippen molar-refractivity contribution < 1.29 is 0 Å². The minimum atomic E-state index is 0.611. The first-order valence-electron chi connectivity index (χ1n) is 16.8. The number of pyridine rings is 1. The van der Waals surface area contributed by atoms with Gasteiger partial charge in [-0.25, -0.2) is 15.0 Å². The summed E-state index contributed by atoms with van der Waals surface area (Å²) in [6.07, 6.45) is 0. The maximum Gasteiger partial charge on any atom is 0.164 e. The molecule has 0 bridgehead atoms. The third kappa shape index (κ3) is 6.35. The molecule has 8 aromatic rings. The van der Waals surface area contributed by atoms with Crippen LogP contribution in [0.5, 0.6) is 0 Å². The Labute approximate surface area is 292 Å². The second-order valence-corrected chi connectivity index (χ2v) is 12.4. The van der Waals surface area contributed by atoms with Crippen LogP contribution in [0.25, 0.3) is 78.7 Å². The molecule has 2 heterocycles. The van der Waals surface area contributed by atoms with Gasteiger partial charge in [0.1, 0.15) is 0 Å². The average molecular weight is 643 g/mol. The molecule has 0 aliphatic carbocycles. The SMILES string of the molecule is Cc1cc(-c2nc(-c3ccc(-c4ccccc4)c(-c4ccccc4)c3)nc(-c3ccc(-c4ccccc4)c(-c4ccccc4)c3)n2)cc(C)n1. The van der Waals surface area contributed by atoms with Gasteiger partial charge in [0.2, 0.25) is 0 Å². The van der Waals surface area contributed by atoms with Crippen LogP contribution >= 0.6 is 0 Å². The smallest absolute Gasteiger partial charge is 0.164 e. The van der Waals surface area contributed by atoms with Gasteiger partial charge in [0.05, 0.1) is 0 Å². The average Bonchev–Trinajstić information content (AvgIpc) is 3.18. The highest BCUT2D eigenvalue weighted by Crippen LogP contribution is 2.38. The maximum absolute atomic E-state index is 5.18. The predicted octanol–water partition coefficient (Wildman–Crippen LogP) is 11.6. The van der Waals surface area contributed by atoms with E-state index in [1.165, 1.54) is 0 Å². The fourth-order valence-electron chi connectivity index (χ4n) is 6.55. The number of rotatable bonds is 7. The Hall–Kier alpha value is -6.52. The fraction of sp³-hybridized carbons (Fsp3) is 0.0435. The summed E-state index contributed by atoms with van der Waals surface area (Å²) in [7, 11) is 0. The maximum atomic E-state index is 5.18. The Bertz CT molecular complexity index is 2260. The van der Waals surface area contributed by atoms with Gasteiger partial charge in [-0.15, -0.1) is 0 Å². The van der Waals surface area contributed by atoms with Gasteiger partial charge in [0.15, 0.2) is 17.5 Å².